The highest BCUT2D eigenvalue weighted by Crippen LogP contribution is 2.17. The van der Waals surface area contributed by atoms with Crippen molar-refractivity contribution in [2.75, 3.05) is 20.1 Å². The van der Waals surface area contributed by atoms with Crippen molar-refractivity contribution in [3.63, 3.8) is 0 Å². The van der Waals surface area contributed by atoms with Crippen molar-refractivity contribution < 1.29 is 4.79 Å². The van der Waals surface area contributed by atoms with Gasteiger partial charge in [-0.3, -0.25) is 9.59 Å². The number of carbonyl (C=O) groups excluding carboxylic acids is 1. The third-order valence-corrected chi connectivity index (χ3v) is 4.54. The van der Waals surface area contributed by atoms with Gasteiger partial charge in [-0.25, -0.2) is 0 Å². The summed E-state index contributed by atoms with van der Waals surface area (Å²) in [7, 11) is 1.91. The fourth-order valence-electron chi connectivity index (χ4n) is 2.64. The van der Waals surface area contributed by atoms with E-state index in [0.29, 0.717) is 19.0 Å². The average Bonchev–Trinajstić information content (AvgIpc) is 2.96. The van der Waals surface area contributed by atoms with Crippen LogP contribution >= 0.6 is 23.7 Å². The first-order valence-electron chi connectivity index (χ1n) is 6.72. The topological polar surface area (TPSA) is 54.3 Å². The van der Waals surface area contributed by atoms with Crippen molar-refractivity contribution in [1.82, 2.24) is 14.8 Å². The first-order valence-corrected chi connectivity index (χ1v) is 7.60. The number of hydrogen-bond acceptors (Lipinski definition) is 4. The number of rotatable bonds is 5. The third kappa shape index (κ3) is 3.84. The number of carbonyl (C=O) groups is 1. The molecule has 7 heteroatoms. The highest BCUT2D eigenvalue weighted by molar-refractivity contribution is 7.07. The van der Waals surface area contributed by atoms with Gasteiger partial charge in [0, 0.05) is 43.2 Å². The van der Waals surface area contributed by atoms with E-state index in [1.807, 2.05) is 24.3 Å². The van der Waals surface area contributed by atoms with Crippen molar-refractivity contribution in [3.05, 3.63) is 20.7 Å². The number of aromatic nitrogens is 1. The molecule has 0 radical (unpaired) electrons. The van der Waals surface area contributed by atoms with Gasteiger partial charge in [-0.15, -0.1) is 12.4 Å². The molecule has 5 nitrogen and oxygen atoms in total. The van der Waals surface area contributed by atoms with Crippen LogP contribution in [0.25, 0.3) is 0 Å². The Labute approximate surface area is 129 Å². The molecule has 1 aromatic heterocycles. The van der Waals surface area contributed by atoms with Gasteiger partial charge in [0.1, 0.15) is 0 Å². The van der Waals surface area contributed by atoms with Crippen LogP contribution in [0, 0.1) is 6.92 Å². The van der Waals surface area contributed by atoms with E-state index in [1.165, 1.54) is 11.3 Å². The van der Waals surface area contributed by atoms with Crippen molar-refractivity contribution in [1.29, 1.82) is 0 Å². The zero-order chi connectivity index (χ0) is 13.8. The van der Waals surface area contributed by atoms with E-state index >= 15 is 0 Å². The Kier molecular flexibility index (Phi) is 6.71. The van der Waals surface area contributed by atoms with Crippen LogP contribution in [-0.4, -0.2) is 41.6 Å². The van der Waals surface area contributed by atoms with Crippen molar-refractivity contribution in [3.8, 4) is 0 Å². The lowest BCUT2D eigenvalue weighted by Gasteiger charge is -2.24. The molecular weight excluding hydrogens is 298 g/mol. The largest absolute Gasteiger partial charge is 0.338 e. The molecule has 1 aliphatic rings. The van der Waals surface area contributed by atoms with Gasteiger partial charge in [0.15, 0.2) is 0 Å². The summed E-state index contributed by atoms with van der Waals surface area (Å²) in [5, 5.41) is 4.97. The van der Waals surface area contributed by atoms with Crippen LogP contribution in [-0.2, 0) is 11.3 Å². The summed E-state index contributed by atoms with van der Waals surface area (Å²) in [5.74, 6) is 0.162. The summed E-state index contributed by atoms with van der Waals surface area (Å²) in [4.78, 5) is 25.8. The predicted octanol–water partition coefficient (Wildman–Crippen LogP) is 1.24. The van der Waals surface area contributed by atoms with E-state index in [1.54, 1.807) is 4.57 Å². The van der Waals surface area contributed by atoms with Crippen LogP contribution in [0.4, 0.5) is 0 Å². The fourth-order valence-corrected chi connectivity index (χ4v) is 3.40. The summed E-state index contributed by atoms with van der Waals surface area (Å²) in [6.45, 7) is 4.10. The maximum absolute atomic E-state index is 12.2. The molecule has 1 aliphatic heterocycles. The number of nitrogens with one attached hydrogen (secondary N) is 1. The van der Waals surface area contributed by atoms with E-state index in [0.717, 1.165) is 31.6 Å². The number of amides is 1. The highest BCUT2D eigenvalue weighted by Gasteiger charge is 2.27. The number of aryl methyl sites for hydroxylation is 1. The molecule has 0 aliphatic carbocycles. The molecule has 0 aromatic carbocycles. The average molecular weight is 320 g/mol. The Morgan fingerprint density at radius 2 is 2.30 bits per heavy atom. The number of likely N-dealkylation sites (N-methyl/N-ethyl adjacent to an activating group) is 1. The second kappa shape index (κ2) is 7.81. The monoisotopic (exact) mass is 319 g/mol. The van der Waals surface area contributed by atoms with Gasteiger partial charge in [-0.2, -0.15) is 0 Å². The smallest absolute Gasteiger partial charge is 0.307 e. The van der Waals surface area contributed by atoms with Gasteiger partial charge in [0.25, 0.3) is 0 Å². The molecule has 2 rings (SSSR count). The third-order valence-electron chi connectivity index (χ3n) is 3.66. The highest BCUT2D eigenvalue weighted by atomic mass is 35.5. The number of nitrogens with zero attached hydrogens (tertiary/aromatic N) is 2. The second-order valence-electron chi connectivity index (χ2n) is 4.99. The van der Waals surface area contributed by atoms with Crippen LogP contribution in [0.15, 0.2) is 10.2 Å². The maximum Gasteiger partial charge on any atom is 0.307 e. The standard InChI is InChI=1S/C13H21N3O2S.ClH/c1-10-9-19-13(18)15(10)7-5-12(17)16-6-3-4-11(16)8-14-2;/h9,11,14H,3-8H2,1-2H3;1H. The molecule has 0 saturated carbocycles. The van der Waals surface area contributed by atoms with E-state index in [-0.39, 0.29) is 23.2 Å². The van der Waals surface area contributed by atoms with Gasteiger partial charge in [0.05, 0.1) is 0 Å². The first-order chi connectivity index (χ1) is 9.13. The molecule has 1 aromatic rings. The van der Waals surface area contributed by atoms with Crippen LogP contribution < -0.4 is 10.2 Å². The second-order valence-corrected chi connectivity index (χ2v) is 5.81. The Morgan fingerprint density at radius 3 is 2.90 bits per heavy atom. The Balaban J connectivity index is 0.00000200. The fraction of sp³-hybridized carbons (Fsp3) is 0.692. The number of likely N-dealkylation sites (tertiary alicyclic amines) is 1. The molecule has 0 spiro atoms. The maximum atomic E-state index is 12.2. The van der Waals surface area contributed by atoms with Gasteiger partial charge in [-0.05, 0) is 26.8 Å². The summed E-state index contributed by atoms with van der Waals surface area (Å²) >= 11 is 1.20. The summed E-state index contributed by atoms with van der Waals surface area (Å²) in [5.41, 5.74) is 0.941. The van der Waals surface area contributed by atoms with Crippen molar-refractivity contribution >= 4 is 29.7 Å². The SMILES string of the molecule is CNCC1CCCN1C(=O)CCn1c(C)csc1=O.Cl. The lowest BCUT2D eigenvalue weighted by atomic mass is 10.2. The molecule has 0 bridgehead atoms. The van der Waals surface area contributed by atoms with Crippen LogP contribution in [0.3, 0.4) is 0 Å². The molecule has 1 atom stereocenters. The molecule has 2 heterocycles. The van der Waals surface area contributed by atoms with Gasteiger partial charge in [-0.1, -0.05) is 11.3 Å². The van der Waals surface area contributed by atoms with Crippen LogP contribution in [0.5, 0.6) is 0 Å². The van der Waals surface area contributed by atoms with Crippen molar-refractivity contribution in [2.45, 2.75) is 38.8 Å². The number of hydrogen-bond donors (Lipinski definition) is 1. The summed E-state index contributed by atoms with van der Waals surface area (Å²) < 4.78 is 1.69. The molecule has 1 fully saturated rings. The molecule has 1 N–H and O–H groups in total. The quantitative estimate of drug-likeness (QED) is 0.888. The first kappa shape index (κ1) is 17.2. The molecule has 20 heavy (non-hydrogen) atoms. The van der Waals surface area contributed by atoms with Crippen LogP contribution in [0.2, 0.25) is 0 Å². The van der Waals surface area contributed by atoms with Crippen LogP contribution in [0.1, 0.15) is 25.0 Å². The normalized spacial score (nSPS) is 18.1. The molecule has 114 valence electrons. The van der Waals surface area contributed by atoms with Gasteiger partial charge < -0.3 is 14.8 Å². The number of halogens is 1. The number of thiazole rings is 1. The minimum Gasteiger partial charge on any atom is -0.338 e. The predicted molar refractivity (Wildman–Crippen MR) is 83.8 cm³/mol. The summed E-state index contributed by atoms with van der Waals surface area (Å²) in [6.07, 6.45) is 2.57. The molecule has 1 unspecified atom stereocenters. The minimum absolute atomic E-state index is 0. The van der Waals surface area contributed by atoms with E-state index in [9.17, 15) is 9.59 Å². The lowest BCUT2D eigenvalue weighted by Crippen LogP contribution is -2.41. The van der Waals surface area contributed by atoms with E-state index < -0.39 is 0 Å². The molecule has 1 saturated heterocycles. The van der Waals surface area contributed by atoms with Gasteiger partial charge >= 0.3 is 4.87 Å². The zero-order valence-corrected chi connectivity index (χ0v) is 13.6. The van der Waals surface area contributed by atoms with E-state index in [2.05, 4.69) is 5.32 Å². The van der Waals surface area contributed by atoms with E-state index in [4.69, 9.17) is 0 Å². The Bertz CT molecular complexity index is 500. The minimum atomic E-state index is 0. The van der Waals surface area contributed by atoms with Crippen molar-refractivity contribution in [2.24, 2.45) is 0 Å². The Hall–Kier alpha value is -0.850. The zero-order valence-electron chi connectivity index (χ0n) is 11.9. The molecular formula is C13H22ClN3O2S. The summed E-state index contributed by atoms with van der Waals surface area (Å²) in [6, 6.07) is 0.317. The lowest BCUT2D eigenvalue weighted by molar-refractivity contribution is -0.132. The Morgan fingerprint density at radius 1 is 1.55 bits per heavy atom. The molecule has 1 amide bonds. The van der Waals surface area contributed by atoms with Gasteiger partial charge in [0.2, 0.25) is 5.91 Å².